The van der Waals surface area contributed by atoms with Gasteiger partial charge in [0.2, 0.25) is 0 Å². The van der Waals surface area contributed by atoms with Crippen molar-refractivity contribution in [2.75, 3.05) is 7.11 Å². The maximum atomic E-state index is 12.5. The van der Waals surface area contributed by atoms with Gasteiger partial charge < -0.3 is 20.1 Å². The van der Waals surface area contributed by atoms with Crippen LogP contribution < -0.4 is 4.74 Å². The average molecular weight is 318 g/mol. The van der Waals surface area contributed by atoms with Gasteiger partial charge in [-0.05, 0) is 26.3 Å². The van der Waals surface area contributed by atoms with Crippen molar-refractivity contribution in [1.82, 2.24) is 0 Å². The molecule has 0 heterocycles. The van der Waals surface area contributed by atoms with E-state index in [0.717, 1.165) is 17.7 Å². The Hall–Kier alpha value is -2.60. The zero-order chi connectivity index (χ0) is 17.3. The fourth-order valence-corrected chi connectivity index (χ4v) is 2.40. The number of benzene rings is 1. The first-order chi connectivity index (χ1) is 10.8. The molecule has 0 saturated heterocycles. The normalized spacial score (nSPS) is 14.9. The topological polar surface area (TPSA) is 104 Å². The van der Waals surface area contributed by atoms with Crippen LogP contribution in [0.25, 0.3) is 0 Å². The van der Waals surface area contributed by atoms with E-state index in [9.17, 15) is 24.9 Å². The van der Waals surface area contributed by atoms with Crippen molar-refractivity contribution in [2.24, 2.45) is 0 Å². The summed E-state index contributed by atoms with van der Waals surface area (Å²) in [4.78, 5) is 24.8. The van der Waals surface area contributed by atoms with E-state index < -0.39 is 29.2 Å². The van der Waals surface area contributed by atoms with E-state index in [4.69, 9.17) is 4.74 Å². The van der Waals surface area contributed by atoms with Gasteiger partial charge in [0, 0.05) is 11.6 Å². The van der Waals surface area contributed by atoms with E-state index in [1.165, 1.54) is 7.11 Å². The summed E-state index contributed by atoms with van der Waals surface area (Å²) in [6.45, 7) is 3.70. The number of allylic oxidation sites excluding steroid dienone is 2. The number of carbonyl (C=O) groups is 2. The van der Waals surface area contributed by atoms with Crippen molar-refractivity contribution in [3.05, 3.63) is 40.5 Å². The number of aliphatic hydroxyl groups excluding tert-OH is 1. The lowest BCUT2D eigenvalue weighted by molar-refractivity contribution is 0.0942. The summed E-state index contributed by atoms with van der Waals surface area (Å²) in [6.07, 6.45) is 1.74. The second-order valence-electron chi connectivity index (χ2n) is 5.52. The first kappa shape index (κ1) is 16.8. The van der Waals surface area contributed by atoms with Crippen molar-refractivity contribution in [3.8, 4) is 17.2 Å². The van der Waals surface area contributed by atoms with E-state index in [2.05, 4.69) is 0 Å². The van der Waals surface area contributed by atoms with Crippen LogP contribution in [0, 0.1) is 0 Å². The number of phenols is 2. The van der Waals surface area contributed by atoms with E-state index in [0.29, 0.717) is 0 Å². The summed E-state index contributed by atoms with van der Waals surface area (Å²) in [5.41, 5.74) is 0.219. The van der Waals surface area contributed by atoms with Crippen LogP contribution in [0.1, 0.15) is 41.0 Å². The Bertz CT molecular complexity index is 738. The number of hydrogen-bond acceptors (Lipinski definition) is 6. The fraction of sp³-hybridized carbons (Fsp3) is 0.294. The van der Waals surface area contributed by atoms with Crippen LogP contribution in [-0.4, -0.2) is 40.1 Å². The predicted molar refractivity (Wildman–Crippen MR) is 83.1 cm³/mol. The Labute approximate surface area is 133 Å². The van der Waals surface area contributed by atoms with Crippen LogP contribution in [-0.2, 0) is 0 Å². The monoisotopic (exact) mass is 318 g/mol. The van der Waals surface area contributed by atoms with E-state index >= 15 is 0 Å². The maximum absolute atomic E-state index is 12.5. The smallest absolute Gasteiger partial charge is 0.196 e. The first-order valence-corrected chi connectivity index (χ1v) is 7.02. The number of Topliss-reactive ketones (excluding diaryl/α,β-unsaturated/α-hetero) is 1. The van der Waals surface area contributed by atoms with Gasteiger partial charge in [-0.2, -0.15) is 0 Å². The van der Waals surface area contributed by atoms with Crippen molar-refractivity contribution >= 4 is 11.6 Å². The van der Waals surface area contributed by atoms with Crippen molar-refractivity contribution in [3.63, 3.8) is 0 Å². The van der Waals surface area contributed by atoms with Crippen LogP contribution in [0.3, 0.4) is 0 Å². The number of aliphatic hydroxyl groups is 1. The van der Waals surface area contributed by atoms with E-state index in [1.54, 1.807) is 6.08 Å². The van der Waals surface area contributed by atoms with Gasteiger partial charge in [-0.25, -0.2) is 0 Å². The molecule has 0 aromatic heterocycles. The summed E-state index contributed by atoms with van der Waals surface area (Å²) >= 11 is 0. The zero-order valence-electron chi connectivity index (χ0n) is 13.1. The van der Waals surface area contributed by atoms with Gasteiger partial charge in [-0.1, -0.05) is 11.6 Å². The lowest BCUT2D eigenvalue weighted by atomic mass is 9.85. The molecule has 0 aliphatic heterocycles. The molecule has 1 aromatic carbocycles. The molecule has 23 heavy (non-hydrogen) atoms. The lowest BCUT2D eigenvalue weighted by Gasteiger charge is -2.21. The number of fused-ring (bicyclic) bond motifs is 1. The van der Waals surface area contributed by atoms with Gasteiger partial charge >= 0.3 is 0 Å². The Morgan fingerprint density at radius 2 is 1.91 bits per heavy atom. The van der Waals surface area contributed by atoms with Crippen molar-refractivity contribution < 1.29 is 29.6 Å². The van der Waals surface area contributed by atoms with Gasteiger partial charge in [-0.15, -0.1) is 0 Å². The molecule has 1 unspecified atom stereocenters. The molecule has 0 bridgehead atoms. The third-order valence-corrected chi connectivity index (χ3v) is 3.59. The molecule has 6 nitrogen and oxygen atoms in total. The molecule has 6 heteroatoms. The molecule has 0 spiro atoms. The summed E-state index contributed by atoms with van der Waals surface area (Å²) in [6, 6.07) is 1.06. The van der Waals surface area contributed by atoms with E-state index in [1.807, 2.05) is 13.8 Å². The largest absolute Gasteiger partial charge is 0.507 e. The zero-order valence-corrected chi connectivity index (χ0v) is 13.1. The molecule has 0 radical (unpaired) electrons. The fourth-order valence-electron chi connectivity index (χ4n) is 2.40. The third kappa shape index (κ3) is 2.98. The minimum Gasteiger partial charge on any atom is -0.507 e. The van der Waals surface area contributed by atoms with Crippen molar-refractivity contribution in [2.45, 2.75) is 26.4 Å². The number of methoxy groups -OCH3 is 1. The maximum Gasteiger partial charge on any atom is 0.196 e. The Balaban J connectivity index is 2.52. The molecule has 2 rings (SSSR count). The molecule has 1 aromatic rings. The van der Waals surface area contributed by atoms with Crippen LogP contribution >= 0.6 is 0 Å². The van der Waals surface area contributed by atoms with Gasteiger partial charge in [-0.3, -0.25) is 9.59 Å². The highest BCUT2D eigenvalue weighted by Gasteiger charge is 2.35. The summed E-state index contributed by atoms with van der Waals surface area (Å²) in [5, 5.41) is 30.2. The molecule has 1 atom stereocenters. The highest BCUT2D eigenvalue weighted by molar-refractivity contribution is 6.27. The predicted octanol–water partition coefficient (Wildman–Crippen LogP) is 2.13. The molecular formula is C17H18O6. The standard InChI is InChI=1S/C17H18O6/c1-8(2)4-5-10(18)9-6-11(19)15-14(16(9)21)12(20)7-13(23-3)17(15)22/h4,6-7,10,18,20,22H,5H2,1-3H3. The minimum atomic E-state index is -1.17. The molecule has 3 N–H and O–H groups in total. The van der Waals surface area contributed by atoms with Crippen molar-refractivity contribution in [1.29, 1.82) is 0 Å². The summed E-state index contributed by atoms with van der Waals surface area (Å²) in [5.74, 6) is -2.45. The van der Waals surface area contributed by atoms with E-state index in [-0.39, 0.29) is 28.9 Å². The average Bonchev–Trinajstić information content (AvgIpc) is 2.50. The highest BCUT2D eigenvalue weighted by Crippen LogP contribution is 2.42. The number of rotatable bonds is 4. The quantitative estimate of drug-likeness (QED) is 0.580. The van der Waals surface area contributed by atoms with Crippen LogP contribution in [0.15, 0.2) is 29.4 Å². The SMILES string of the molecule is COc1cc(O)c2c(c1O)C(=O)C=C(C(O)CC=C(C)C)C2=O. The number of ketones is 2. The highest BCUT2D eigenvalue weighted by atomic mass is 16.5. The van der Waals surface area contributed by atoms with Gasteiger partial charge in [0.05, 0.1) is 24.3 Å². The third-order valence-electron chi connectivity index (χ3n) is 3.59. The second-order valence-corrected chi connectivity index (χ2v) is 5.52. The number of carbonyl (C=O) groups excluding carboxylic acids is 2. The van der Waals surface area contributed by atoms with Crippen LogP contribution in [0.5, 0.6) is 17.2 Å². The minimum absolute atomic E-state index is 0.107. The summed E-state index contributed by atoms with van der Waals surface area (Å²) < 4.78 is 4.86. The Morgan fingerprint density at radius 3 is 2.48 bits per heavy atom. The Kier molecular flexibility index (Phi) is 4.56. The lowest BCUT2D eigenvalue weighted by Crippen LogP contribution is -2.25. The van der Waals surface area contributed by atoms with Gasteiger partial charge in [0.1, 0.15) is 5.75 Å². The number of aromatic hydroxyl groups is 2. The second kappa shape index (κ2) is 6.26. The number of hydrogen-bond donors (Lipinski definition) is 3. The first-order valence-electron chi connectivity index (χ1n) is 7.02. The van der Waals surface area contributed by atoms with Crippen LogP contribution in [0.2, 0.25) is 0 Å². The molecule has 0 fully saturated rings. The molecular weight excluding hydrogens is 300 g/mol. The number of phenolic OH excluding ortho intramolecular Hbond substituents is 2. The molecule has 0 saturated carbocycles. The molecule has 1 aliphatic carbocycles. The summed E-state index contributed by atoms with van der Waals surface area (Å²) in [7, 11) is 1.26. The molecule has 0 amide bonds. The molecule has 122 valence electrons. The van der Waals surface area contributed by atoms with Gasteiger partial charge in [0.15, 0.2) is 23.1 Å². The number of ether oxygens (including phenoxy) is 1. The van der Waals surface area contributed by atoms with Crippen LogP contribution in [0.4, 0.5) is 0 Å². The van der Waals surface area contributed by atoms with Gasteiger partial charge in [0.25, 0.3) is 0 Å². The molecule has 1 aliphatic rings. The Morgan fingerprint density at radius 1 is 1.26 bits per heavy atom.